The first-order chi connectivity index (χ1) is 20.5. The lowest BCUT2D eigenvalue weighted by Crippen LogP contribution is -2.58. The van der Waals surface area contributed by atoms with E-state index in [1.54, 1.807) is 11.3 Å². The van der Waals surface area contributed by atoms with Crippen molar-refractivity contribution in [3.63, 3.8) is 0 Å². The number of aromatic nitrogens is 1. The minimum absolute atomic E-state index is 0. The Morgan fingerprint density at radius 3 is 2.27 bits per heavy atom. The van der Waals surface area contributed by atoms with Crippen LogP contribution in [0.3, 0.4) is 0 Å². The summed E-state index contributed by atoms with van der Waals surface area (Å²) < 4.78 is 16.0. The van der Waals surface area contributed by atoms with Gasteiger partial charge in [0.15, 0.2) is 0 Å². The summed E-state index contributed by atoms with van der Waals surface area (Å²) in [5, 5.41) is 16.1. The number of likely N-dealkylation sites (tertiary alicyclic amines) is 1. The van der Waals surface area contributed by atoms with Gasteiger partial charge in [0.05, 0.1) is 55.2 Å². The number of thiazole rings is 1. The molecule has 3 unspecified atom stereocenters. The number of halogens is 2. The number of β-amino-alcohol motifs (C(OH)–C–C–N with tert-alkyl or cyclic N) is 1. The second-order valence-electron chi connectivity index (χ2n) is 11.5. The molecule has 0 saturated carbocycles. The van der Waals surface area contributed by atoms with E-state index in [4.69, 9.17) is 19.9 Å². The van der Waals surface area contributed by atoms with Crippen molar-refractivity contribution >= 4 is 53.9 Å². The number of amides is 3. The fourth-order valence-electron chi connectivity index (χ4n) is 4.67. The number of benzene rings is 1. The molecule has 3 atom stereocenters. The average Bonchev–Trinajstić information content (AvgIpc) is 3.58. The highest BCUT2D eigenvalue weighted by molar-refractivity contribution is 7.13. The van der Waals surface area contributed by atoms with Crippen LogP contribution in [-0.2, 0) is 35.1 Å². The first kappa shape index (κ1) is 40.7. The zero-order chi connectivity index (χ0) is 31.4. The van der Waals surface area contributed by atoms with Gasteiger partial charge in [-0.2, -0.15) is 0 Å². The molecule has 1 aromatic heterocycles. The van der Waals surface area contributed by atoms with Crippen molar-refractivity contribution in [3.8, 4) is 10.4 Å². The van der Waals surface area contributed by atoms with E-state index in [1.807, 2.05) is 57.5 Å². The Bertz CT molecular complexity index is 1200. The molecule has 254 valence electrons. The Balaban J connectivity index is 0.00000506. The molecule has 0 aliphatic carbocycles. The van der Waals surface area contributed by atoms with Crippen LogP contribution < -0.4 is 16.4 Å². The molecule has 12 nitrogen and oxygen atoms in total. The van der Waals surface area contributed by atoms with Gasteiger partial charge in [-0.25, -0.2) is 4.98 Å². The normalized spacial score (nSPS) is 16.8. The summed E-state index contributed by atoms with van der Waals surface area (Å²) in [4.78, 5) is 46.4. The van der Waals surface area contributed by atoms with E-state index in [2.05, 4.69) is 15.6 Å². The van der Waals surface area contributed by atoms with Gasteiger partial charge in [0.2, 0.25) is 17.7 Å². The number of rotatable bonds is 16. The predicted octanol–water partition coefficient (Wildman–Crippen LogP) is 2.08. The number of nitrogens with one attached hydrogen (secondary N) is 2. The fraction of sp³-hybridized carbons (Fsp3) is 0.600. The lowest BCUT2D eigenvalue weighted by molar-refractivity contribution is -0.144. The molecular weight excluding hydrogens is 645 g/mol. The first-order valence-corrected chi connectivity index (χ1v) is 15.4. The zero-order valence-corrected chi connectivity index (χ0v) is 28.7. The van der Waals surface area contributed by atoms with E-state index < -0.39 is 35.4 Å². The van der Waals surface area contributed by atoms with Crippen LogP contribution in [-0.4, -0.2) is 104 Å². The molecule has 2 heterocycles. The molecule has 3 rings (SSSR count). The van der Waals surface area contributed by atoms with E-state index >= 15 is 0 Å². The summed E-state index contributed by atoms with van der Waals surface area (Å²) >= 11 is 1.58. The minimum Gasteiger partial charge on any atom is -0.391 e. The Morgan fingerprint density at radius 2 is 1.69 bits per heavy atom. The van der Waals surface area contributed by atoms with Crippen molar-refractivity contribution in [2.24, 2.45) is 11.1 Å². The van der Waals surface area contributed by atoms with Crippen molar-refractivity contribution in [1.82, 2.24) is 20.5 Å². The standard InChI is InChI=1S/C30H45N5O7S.2ClH/c1-20-26(43-19-33-20)22-7-5-21(6-8-22)16-32-28(38)24-15-23(36)17-35(24)29(39)27(30(2,3)4)34-25(37)18-42-14-13-41-12-11-40-10-9-31;;/h5-8,19,23-24,27,36H,9-18,31H2,1-4H3,(H,32,38)(H,34,37);2*1H. The molecule has 5 N–H and O–H groups in total. The molecule has 45 heavy (non-hydrogen) atoms. The Hall–Kier alpha value is -2.36. The number of hydrogen-bond donors (Lipinski definition) is 4. The second kappa shape index (κ2) is 20.0. The van der Waals surface area contributed by atoms with Crippen molar-refractivity contribution in [1.29, 1.82) is 0 Å². The van der Waals surface area contributed by atoms with Gasteiger partial charge in [0.1, 0.15) is 18.7 Å². The van der Waals surface area contributed by atoms with Gasteiger partial charge in [0, 0.05) is 26.1 Å². The summed E-state index contributed by atoms with van der Waals surface area (Å²) in [5.41, 5.74) is 9.44. The number of carbonyl (C=O) groups is 3. The molecule has 0 bridgehead atoms. The van der Waals surface area contributed by atoms with Gasteiger partial charge >= 0.3 is 0 Å². The van der Waals surface area contributed by atoms with Crippen molar-refractivity contribution < 1.29 is 33.7 Å². The third-order valence-corrected chi connectivity index (χ3v) is 7.93. The van der Waals surface area contributed by atoms with Gasteiger partial charge in [0.25, 0.3) is 0 Å². The minimum atomic E-state index is -0.928. The molecule has 1 aliphatic heterocycles. The van der Waals surface area contributed by atoms with Gasteiger partial charge in [-0.1, -0.05) is 45.0 Å². The van der Waals surface area contributed by atoms with E-state index in [1.165, 1.54) is 4.90 Å². The van der Waals surface area contributed by atoms with Gasteiger partial charge in [-0.05, 0) is 23.5 Å². The monoisotopic (exact) mass is 691 g/mol. The molecule has 1 aliphatic rings. The smallest absolute Gasteiger partial charge is 0.246 e. The van der Waals surface area contributed by atoms with Crippen LogP contribution in [0.25, 0.3) is 10.4 Å². The highest BCUT2D eigenvalue weighted by Crippen LogP contribution is 2.28. The SMILES string of the molecule is Cc1ncsc1-c1ccc(CNC(=O)C2CC(O)CN2C(=O)C(NC(=O)COCCOCCOCCN)C(C)(C)C)cc1.Cl.Cl. The summed E-state index contributed by atoms with van der Waals surface area (Å²) in [7, 11) is 0. The lowest BCUT2D eigenvalue weighted by Gasteiger charge is -2.35. The summed E-state index contributed by atoms with van der Waals surface area (Å²) in [6.45, 7) is 9.72. The Kier molecular flexibility index (Phi) is 18.1. The number of ether oxygens (including phenoxy) is 3. The molecule has 1 saturated heterocycles. The molecule has 2 aromatic rings. The van der Waals surface area contributed by atoms with E-state index in [-0.39, 0.29) is 63.4 Å². The Labute approximate surface area is 281 Å². The number of aliphatic hydroxyl groups is 1. The van der Waals surface area contributed by atoms with Crippen LogP contribution >= 0.6 is 36.2 Å². The number of nitrogens with two attached hydrogens (primary N) is 1. The maximum absolute atomic E-state index is 13.7. The maximum Gasteiger partial charge on any atom is 0.246 e. The zero-order valence-electron chi connectivity index (χ0n) is 26.3. The van der Waals surface area contributed by atoms with Crippen LogP contribution in [0.2, 0.25) is 0 Å². The van der Waals surface area contributed by atoms with Crippen molar-refractivity contribution in [3.05, 3.63) is 41.0 Å². The number of carbonyl (C=O) groups excluding carboxylic acids is 3. The number of hydrogen-bond acceptors (Lipinski definition) is 10. The van der Waals surface area contributed by atoms with Crippen molar-refractivity contribution in [2.75, 3.05) is 52.7 Å². The number of nitrogens with zero attached hydrogens (tertiary/aromatic N) is 2. The fourth-order valence-corrected chi connectivity index (χ4v) is 5.48. The Morgan fingerprint density at radius 1 is 1.07 bits per heavy atom. The topological polar surface area (TPSA) is 165 Å². The highest BCUT2D eigenvalue weighted by Gasteiger charge is 2.44. The number of aliphatic hydroxyl groups excluding tert-OH is 1. The third-order valence-electron chi connectivity index (χ3n) is 6.95. The maximum atomic E-state index is 13.7. The molecule has 0 radical (unpaired) electrons. The van der Waals surface area contributed by atoms with Crippen molar-refractivity contribution in [2.45, 2.75) is 58.8 Å². The average molecular weight is 693 g/mol. The molecule has 15 heteroatoms. The summed E-state index contributed by atoms with van der Waals surface area (Å²) in [6.07, 6.45) is -0.728. The number of aryl methyl sites for hydroxylation is 1. The molecule has 0 spiro atoms. The van der Waals surface area contributed by atoms with E-state index in [0.717, 1.165) is 21.7 Å². The van der Waals surface area contributed by atoms with Crippen LogP contribution in [0.15, 0.2) is 29.8 Å². The van der Waals surface area contributed by atoms with Crippen LogP contribution in [0.4, 0.5) is 0 Å². The van der Waals surface area contributed by atoms with E-state index in [0.29, 0.717) is 33.0 Å². The second-order valence-corrected chi connectivity index (χ2v) is 12.4. The molecule has 3 amide bonds. The summed E-state index contributed by atoms with van der Waals surface area (Å²) in [5.74, 6) is -1.25. The van der Waals surface area contributed by atoms with Gasteiger partial charge < -0.3 is 40.6 Å². The van der Waals surface area contributed by atoms with Crippen LogP contribution in [0.1, 0.15) is 38.4 Å². The van der Waals surface area contributed by atoms with Crippen LogP contribution in [0.5, 0.6) is 0 Å². The molecule has 1 fully saturated rings. The molecular formula is C30H47Cl2N5O7S. The van der Waals surface area contributed by atoms with Gasteiger partial charge in [-0.15, -0.1) is 36.2 Å². The first-order valence-electron chi connectivity index (χ1n) is 14.5. The lowest BCUT2D eigenvalue weighted by atomic mass is 9.85. The predicted molar refractivity (Wildman–Crippen MR) is 178 cm³/mol. The van der Waals surface area contributed by atoms with Gasteiger partial charge in [-0.3, -0.25) is 14.4 Å². The van der Waals surface area contributed by atoms with E-state index in [9.17, 15) is 19.5 Å². The largest absolute Gasteiger partial charge is 0.391 e. The quantitative estimate of drug-likeness (QED) is 0.193. The van der Waals surface area contributed by atoms with Crippen LogP contribution in [0, 0.1) is 12.3 Å². The highest BCUT2D eigenvalue weighted by atomic mass is 35.5. The molecule has 1 aromatic carbocycles. The summed E-state index contributed by atoms with van der Waals surface area (Å²) in [6, 6.07) is 6.08. The third kappa shape index (κ3) is 12.7.